The smallest absolute Gasteiger partial charge is 0.433 e. The minimum Gasteiger partial charge on any atom is -0.472 e. The molecule has 2 aromatic heterocycles. The molecule has 0 bridgehead atoms. The Bertz CT molecular complexity index is 820. The maximum Gasteiger partial charge on any atom is 0.433 e. The molecule has 1 unspecified atom stereocenters. The Morgan fingerprint density at radius 3 is 2.73 bits per heavy atom. The average Bonchev–Trinajstić information content (AvgIpc) is 2.62. The Morgan fingerprint density at radius 2 is 2.08 bits per heavy atom. The van der Waals surface area contributed by atoms with Gasteiger partial charge in [0.2, 0.25) is 5.88 Å². The van der Waals surface area contributed by atoms with Crippen LogP contribution in [0.4, 0.5) is 19.0 Å². The fourth-order valence-electron chi connectivity index (χ4n) is 2.76. The lowest BCUT2D eigenvalue weighted by Gasteiger charge is -2.34. The van der Waals surface area contributed by atoms with Gasteiger partial charge in [0.25, 0.3) is 0 Å². The first-order valence-corrected chi connectivity index (χ1v) is 8.26. The van der Waals surface area contributed by atoms with Gasteiger partial charge in [0.1, 0.15) is 23.7 Å². The van der Waals surface area contributed by atoms with Crippen molar-refractivity contribution in [1.82, 2.24) is 9.97 Å². The predicted octanol–water partition coefficient (Wildman–Crippen LogP) is 4.07. The van der Waals surface area contributed by atoms with Gasteiger partial charge in [0.05, 0.1) is 17.1 Å². The zero-order valence-corrected chi connectivity index (χ0v) is 14.3. The highest BCUT2D eigenvalue weighted by Gasteiger charge is 2.34. The van der Waals surface area contributed by atoms with Gasteiger partial charge in [-0.15, -0.1) is 0 Å². The standard InChI is InChI=1S/C17H14ClF3N4O/c18-12-4-6-15(23-9-12)26-13-2-1-7-25(10-13)16-11(8-22)3-5-14(24-16)17(19,20)21/h3-6,9,13H,1-2,7,10H2. The molecule has 1 aliphatic rings. The molecule has 9 heteroatoms. The van der Waals surface area contributed by atoms with Crippen molar-refractivity contribution in [3.05, 3.63) is 46.7 Å². The molecule has 26 heavy (non-hydrogen) atoms. The molecule has 3 rings (SSSR count). The molecule has 0 amide bonds. The maximum absolute atomic E-state index is 13.0. The Hall–Kier alpha value is -2.53. The Kier molecular flexibility index (Phi) is 5.18. The Balaban J connectivity index is 1.80. The number of nitriles is 1. The van der Waals surface area contributed by atoms with E-state index in [1.807, 2.05) is 6.07 Å². The van der Waals surface area contributed by atoms with Crippen molar-refractivity contribution in [2.24, 2.45) is 0 Å². The van der Waals surface area contributed by atoms with Gasteiger partial charge in [-0.3, -0.25) is 0 Å². The van der Waals surface area contributed by atoms with Crippen LogP contribution in [-0.4, -0.2) is 29.2 Å². The zero-order valence-electron chi connectivity index (χ0n) is 13.5. The molecule has 2 aromatic rings. The number of hydrogen-bond acceptors (Lipinski definition) is 5. The summed E-state index contributed by atoms with van der Waals surface area (Å²) in [7, 11) is 0. The molecule has 3 heterocycles. The van der Waals surface area contributed by atoms with E-state index in [1.54, 1.807) is 17.0 Å². The van der Waals surface area contributed by atoms with E-state index in [0.717, 1.165) is 18.6 Å². The third-order valence-corrected chi connectivity index (χ3v) is 4.17. The molecule has 0 aliphatic carbocycles. The van der Waals surface area contributed by atoms with E-state index in [4.69, 9.17) is 16.3 Å². The summed E-state index contributed by atoms with van der Waals surface area (Å²) < 4.78 is 44.7. The number of rotatable bonds is 3. The summed E-state index contributed by atoms with van der Waals surface area (Å²) in [5, 5.41) is 9.70. The summed E-state index contributed by atoms with van der Waals surface area (Å²) in [5.41, 5.74) is -0.919. The van der Waals surface area contributed by atoms with E-state index in [2.05, 4.69) is 9.97 Å². The number of piperidine rings is 1. The lowest BCUT2D eigenvalue weighted by molar-refractivity contribution is -0.141. The summed E-state index contributed by atoms with van der Waals surface area (Å²) in [6.07, 6.45) is -1.97. The Labute approximate surface area is 153 Å². The molecule has 0 N–H and O–H groups in total. The van der Waals surface area contributed by atoms with E-state index < -0.39 is 11.9 Å². The maximum atomic E-state index is 13.0. The highest BCUT2D eigenvalue weighted by atomic mass is 35.5. The second-order valence-corrected chi connectivity index (χ2v) is 6.26. The van der Waals surface area contributed by atoms with Gasteiger partial charge in [-0.1, -0.05) is 11.6 Å². The fraction of sp³-hybridized carbons (Fsp3) is 0.353. The molecule has 136 valence electrons. The first kappa shape index (κ1) is 18.3. The van der Waals surface area contributed by atoms with E-state index in [9.17, 15) is 18.4 Å². The lowest BCUT2D eigenvalue weighted by Crippen LogP contribution is -2.42. The molecule has 0 aromatic carbocycles. The van der Waals surface area contributed by atoms with E-state index in [-0.39, 0.29) is 17.5 Å². The number of anilines is 1. The molecule has 0 radical (unpaired) electrons. The van der Waals surface area contributed by atoms with Gasteiger partial charge < -0.3 is 9.64 Å². The Morgan fingerprint density at radius 1 is 1.27 bits per heavy atom. The number of hydrogen-bond donors (Lipinski definition) is 0. The fourth-order valence-corrected chi connectivity index (χ4v) is 2.88. The topological polar surface area (TPSA) is 62.0 Å². The summed E-state index contributed by atoms with van der Waals surface area (Å²) in [6.45, 7) is 0.810. The number of pyridine rings is 2. The molecule has 1 atom stereocenters. The number of halogens is 4. The van der Waals surface area contributed by atoms with Gasteiger partial charge >= 0.3 is 6.18 Å². The van der Waals surface area contributed by atoms with Gasteiger partial charge in [-0.2, -0.15) is 18.4 Å². The summed E-state index contributed by atoms with van der Waals surface area (Å²) >= 11 is 5.79. The van der Waals surface area contributed by atoms with Crippen molar-refractivity contribution in [2.45, 2.75) is 25.1 Å². The number of alkyl halides is 3. The van der Waals surface area contributed by atoms with Crippen molar-refractivity contribution in [2.75, 3.05) is 18.0 Å². The molecule has 0 spiro atoms. The third kappa shape index (κ3) is 4.17. The third-order valence-electron chi connectivity index (χ3n) is 3.95. The SMILES string of the molecule is N#Cc1ccc(C(F)(F)F)nc1N1CCCC(Oc2ccc(Cl)cn2)C1. The zero-order chi connectivity index (χ0) is 18.7. The first-order chi connectivity index (χ1) is 12.4. The quantitative estimate of drug-likeness (QED) is 0.800. The second-order valence-electron chi connectivity index (χ2n) is 5.82. The largest absolute Gasteiger partial charge is 0.472 e. The average molecular weight is 383 g/mol. The van der Waals surface area contributed by atoms with Gasteiger partial charge in [0.15, 0.2) is 0 Å². The predicted molar refractivity (Wildman–Crippen MR) is 89.1 cm³/mol. The van der Waals surface area contributed by atoms with Crippen LogP contribution in [0.3, 0.4) is 0 Å². The summed E-state index contributed by atoms with van der Waals surface area (Å²) in [6, 6.07) is 7.14. The highest BCUT2D eigenvalue weighted by molar-refractivity contribution is 6.30. The van der Waals surface area contributed by atoms with Crippen LogP contribution >= 0.6 is 11.6 Å². The van der Waals surface area contributed by atoms with Gasteiger partial charge in [0, 0.05) is 18.8 Å². The van der Waals surface area contributed by atoms with Crippen molar-refractivity contribution in [3.8, 4) is 11.9 Å². The minimum absolute atomic E-state index is 0.0275. The number of aromatic nitrogens is 2. The van der Waals surface area contributed by atoms with Crippen LogP contribution in [-0.2, 0) is 6.18 Å². The van der Waals surface area contributed by atoms with Crippen molar-refractivity contribution >= 4 is 17.4 Å². The molecule has 5 nitrogen and oxygen atoms in total. The van der Waals surface area contributed by atoms with Crippen LogP contribution in [0.15, 0.2) is 30.5 Å². The molecule has 0 saturated carbocycles. The van der Waals surface area contributed by atoms with E-state index in [0.29, 0.717) is 30.4 Å². The van der Waals surface area contributed by atoms with E-state index in [1.165, 1.54) is 6.20 Å². The summed E-state index contributed by atoms with van der Waals surface area (Å²) in [4.78, 5) is 9.39. The number of nitrogens with zero attached hydrogens (tertiary/aromatic N) is 4. The molecule has 1 saturated heterocycles. The van der Waals surface area contributed by atoms with Gasteiger partial charge in [-0.05, 0) is 31.0 Å². The summed E-state index contributed by atoms with van der Waals surface area (Å²) in [5.74, 6) is 0.415. The van der Waals surface area contributed by atoms with Crippen molar-refractivity contribution < 1.29 is 17.9 Å². The van der Waals surface area contributed by atoms with Crippen LogP contribution in [0.1, 0.15) is 24.1 Å². The van der Waals surface area contributed by atoms with Crippen LogP contribution in [0.2, 0.25) is 5.02 Å². The molecule has 1 aliphatic heterocycles. The minimum atomic E-state index is -4.57. The van der Waals surface area contributed by atoms with E-state index >= 15 is 0 Å². The van der Waals surface area contributed by atoms with Crippen molar-refractivity contribution in [1.29, 1.82) is 5.26 Å². The van der Waals surface area contributed by atoms with Gasteiger partial charge in [-0.25, -0.2) is 9.97 Å². The highest BCUT2D eigenvalue weighted by Crippen LogP contribution is 2.31. The van der Waals surface area contributed by atoms with Crippen LogP contribution in [0.5, 0.6) is 5.88 Å². The molecule has 1 fully saturated rings. The second kappa shape index (κ2) is 7.38. The lowest BCUT2D eigenvalue weighted by atomic mass is 10.1. The van der Waals surface area contributed by atoms with Crippen LogP contribution in [0.25, 0.3) is 0 Å². The molecular weight excluding hydrogens is 369 g/mol. The van der Waals surface area contributed by atoms with Crippen LogP contribution in [0, 0.1) is 11.3 Å². The normalized spacial score (nSPS) is 17.7. The van der Waals surface area contributed by atoms with Crippen LogP contribution < -0.4 is 9.64 Å². The molecular formula is C17H14ClF3N4O. The first-order valence-electron chi connectivity index (χ1n) is 7.88. The van der Waals surface area contributed by atoms with Crippen molar-refractivity contribution in [3.63, 3.8) is 0 Å². The number of ether oxygens (including phenoxy) is 1. The monoisotopic (exact) mass is 382 g/mol.